The van der Waals surface area contributed by atoms with Crippen molar-refractivity contribution in [3.05, 3.63) is 0 Å². The van der Waals surface area contributed by atoms with Crippen molar-refractivity contribution in [3.63, 3.8) is 0 Å². The summed E-state index contributed by atoms with van der Waals surface area (Å²) in [6.07, 6.45) is 9.23. The quantitative estimate of drug-likeness (QED) is 0.423. The maximum Gasteiger partial charge on any atom is 0.336 e. The van der Waals surface area contributed by atoms with E-state index in [0.717, 1.165) is 19.3 Å². The van der Waals surface area contributed by atoms with Crippen LogP contribution in [0.5, 0.6) is 0 Å². The summed E-state index contributed by atoms with van der Waals surface area (Å²) in [5.74, 6) is -3.88. The summed E-state index contributed by atoms with van der Waals surface area (Å²) in [4.78, 5) is 22.6. The Hall–Kier alpha value is -1.10. The molecule has 5 nitrogen and oxygen atoms in total. The van der Waals surface area contributed by atoms with Gasteiger partial charge in [0.25, 0.3) is 0 Å². The van der Waals surface area contributed by atoms with Crippen LogP contribution < -0.4 is 0 Å². The van der Waals surface area contributed by atoms with Gasteiger partial charge in [-0.3, -0.25) is 4.79 Å². The Labute approximate surface area is 133 Å². The van der Waals surface area contributed by atoms with Crippen LogP contribution in [-0.4, -0.2) is 32.9 Å². The van der Waals surface area contributed by atoms with Gasteiger partial charge in [0.05, 0.1) is 5.92 Å². The minimum absolute atomic E-state index is 0.0314. The molecule has 0 saturated carbocycles. The summed E-state index contributed by atoms with van der Waals surface area (Å²) in [5, 5.41) is 28.7. The van der Waals surface area contributed by atoms with Crippen molar-refractivity contribution in [1.29, 1.82) is 0 Å². The molecule has 3 N–H and O–H groups in total. The minimum Gasteiger partial charge on any atom is -0.481 e. The highest BCUT2D eigenvalue weighted by Gasteiger charge is 2.46. The fraction of sp³-hybridized carbons (Fsp3) is 0.882. The van der Waals surface area contributed by atoms with Crippen molar-refractivity contribution >= 4 is 11.9 Å². The fourth-order valence-corrected chi connectivity index (χ4v) is 2.86. The first-order chi connectivity index (χ1) is 10.4. The highest BCUT2D eigenvalue weighted by atomic mass is 16.4. The molecule has 0 aliphatic rings. The molecule has 0 rings (SSSR count). The van der Waals surface area contributed by atoms with Gasteiger partial charge in [0, 0.05) is 0 Å². The van der Waals surface area contributed by atoms with E-state index in [4.69, 9.17) is 0 Å². The zero-order chi connectivity index (χ0) is 17.0. The number of carbonyl (C=O) groups is 2. The maximum absolute atomic E-state index is 11.3. The molecule has 0 heterocycles. The monoisotopic (exact) mass is 316 g/mol. The summed E-state index contributed by atoms with van der Waals surface area (Å²) < 4.78 is 0. The average Bonchev–Trinajstić information content (AvgIpc) is 2.45. The first-order valence-electron chi connectivity index (χ1n) is 8.58. The lowest BCUT2D eigenvalue weighted by Crippen LogP contribution is -2.49. The molecule has 130 valence electrons. The molecule has 22 heavy (non-hydrogen) atoms. The number of rotatable bonds is 14. The third-order valence-corrected chi connectivity index (χ3v) is 4.22. The predicted octanol–water partition coefficient (Wildman–Crippen LogP) is 3.83. The second-order valence-corrected chi connectivity index (χ2v) is 6.13. The number of carboxylic acids is 2. The SMILES string of the molecule is CCCCCCCCCCC(C(=O)O)C(O)(CCC)C(=O)O. The van der Waals surface area contributed by atoms with Crippen LogP contribution in [0.1, 0.15) is 84.5 Å². The summed E-state index contributed by atoms with van der Waals surface area (Å²) in [5.41, 5.74) is -2.15. The molecule has 0 spiro atoms. The minimum atomic E-state index is -2.15. The van der Waals surface area contributed by atoms with Crippen LogP contribution >= 0.6 is 0 Å². The molecule has 0 fully saturated rings. The average molecular weight is 316 g/mol. The Bertz CT molecular complexity index is 329. The number of hydrogen-bond donors (Lipinski definition) is 3. The van der Waals surface area contributed by atoms with Crippen molar-refractivity contribution in [2.45, 2.75) is 90.1 Å². The fourth-order valence-electron chi connectivity index (χ4n) is 2.86. The number of hydrogen-bond acceptors (Lipinski definition) is 3. The number of aliphatic hydroxyl groups is 1. The third-order valence-electron chi connectivity index (χ3n) is 4.22. The highest BCUT2D eigenvalue weighted by Crippen LogP contribution is 2.29. The summed E-state index contributed by atoms with van der Waals surface area (Å²) in [6, 6.07) is 0. The van der Waals surface area contributed by atoms with E-state index < -0.39 is 23.5 Å². The van der Waals surface area contributed by atoms with Crippen LogP contribution in [0.3, 0.4) is 0 Å². The van der Waals surface area contributed by atoms with Gasteiger partial charge >= 0.3 is 11.9 Å². The van der Waals surface area contributed by atoms with Crippen molar-refractivity contribution in [1.82, 2.24) is 0 Å². The smallest absolute Gasteiger partial charge is 0.336 e. The molecule has 2 atom stereocenters. The van der Waals surface area contributed by atoms with Gasteiger partial charge < -0.3 is 15.3 Å². The number of carboxylic acid groups (broad SMARTS) is 2. The Morgan fingerprint density at radius 1 is 0.864 bits per heavy atom. The Morgan fingerprint density at radius 2 is 1.36 bits per heavy atom. The second kappa shape index (κ2) is 11.5. The summed E-state index contributed by atoms with van der Waals surface area (Å²) in [6.45, 7) is 3.91. The van der Waals surface area contributed by atoms with Gasteiger partial charge in [0.15, 0.2) is 5.60 Å². The van der Waals surface area contributed by atoms with E-state index in [2.05, 4.69) is 6.92 Å². The molecular formula is C17H32O5. The van der Waals surface area contributed by atoms with Gasteiger partial charge in [0.2, 0.25) is 0 Å². The van der Waals surface area contributed by atoms with Crippen LogP contribution in [0.15, 0.2) is 0 Å². The van der Waals surface area contributed by atoms with Gasteiger partial charge in [0.1, 0.15) is 0 Å². The van der Waals surface area contributed by atoms with E-state index in [1.54, 1.807) is 6.92 Å². The molecule has 0 radical (unpaired) electrons. The Balaban J connectivity index is 4.25. The topological polar surface area (TPSA) is 94.8 Å². The molecular weight excluding hydrogens is 284 g/mol. The van der Waals surface area contributed by atoms with Crippen molar-refractivity contribution in [2.24, 2.45) is 5.92 Å². The molecule has 0 aromatic carbocycles. The molecule has 0 aromatic heterocycles. The van der Waals surface area contributed by atoms with E-state index in [-0.39, 0.29) is 12.8 Å². The lowest BCUT2D eigenvalue weighted by molar-refractivity contribution is -0.176. The zero-order valence-corrected chi connectivity index (χ0v) is 14.0. The molecule has 0 saturated heterocycles. The summed E-state index contributed by atoms with van der Waals surface area (Å²) >= 11 is 0. The molecule has 0 amide bonds. The van der Waals surface area contributed by atoms with E-state index in [1.165, 1.54) is 25.7 Å². The summed E-state index contributed by atoms with van der Waals surface area (Å²) in [7, 11) is 0. The van der Waals surface area contributed by atoms with Gasteiger partial charge in [-0.25, -0.2) is 4.79 Å². The van der Waals surface area contributed by atoms with Crippen LogP contribution in [0.25, 0.3) is 0 Å². The normalized spacial score (nSPS) is 15.2. The molecule has 0 aromatic rings. The van der Waals surface area contributed by atoms with Crippen molar-refractivity contribution < 1.29 is 24.9 Å². The molecule has 5 heteroatoms. The zero-order valence-electron chi connectivity index (χ0n) is 14.0. The third kappa shape index (κ3) is 7.25. The van der Waals surface area contributed by atoms with Crippen LogP contribution in [-0.2, 0) is 9.59 Å². The number of unbranched alkanes of at least 4 members (excludes halogenated alkanes) is 7. The highest BCUT2D eigenvalue weighted by molar-refractivity contribution is 5.85. The number of aliphatic carboxylic acids is 2. The second-order valence-electron chi connectivity index (χ2n) is 6.13. The van der Waals surface area contributed by atoms with Gasteiger partial charge in [-0.2, -0.15) is 0 Å². The Kier molecular flexibility index (Phi) is 10.9. The Morgan fingerprint density at radius 3 is 1.77 bits per heavy atom. The van der Waals surface area contributed by atoms with E-state index >= 15 is 0 Å². The largest absolute Gasteiger partial charge is 0.481 e. The molecule has 0 aliphatic heterocycles. The van der Waals surface area contributed by atoms with E-state index in [0.29, 0.717) is 12.8 Å². The lowest BCUT2D eigenvalue weighted by atomic mass is 9.80. The lowest BCUT2D eigenvalue weighted by Gasteiger charge is -2.29. The van der Waals surface area contributed by atoms with E-state index in [9.17, 15) is 24.9 Å². The van der Waals surface area contributed by atoms with Gasteiger partial charge in [-0.15, -0.1) is 0 Å². The van der Waals surface area contributed by atoms with Crippen molar-refractivity contribution in [2.75, 3.05) is 0 Å². The molecule has 0 aliphatic carbocycles. The van der Waals surface area contributed by atoms with Crippen LogP contribution in [0, 0.1) is 5.92 Å². The van der Waals surface area contributed by atoms with Gasteiger partial charge in [-0.1, -0.05) is 71.6 Å². The standard InChI is InChI=1S/C17H32O5/c1-3-5-6-7-8-9-10-11-12-14(15(18)19)17(22,13-4-2)16(20)21/h14,22H,3-13H2,1-2H3,(H,18,19)(H,20,21). The first kappa shape index (κ1) is 20.9. The van der Waals surface area contributed by atoms with Crippen LogP contribution in [0.4, 0.5) is 0 Å². The molecule has 2 unspecified atom stereocenters. The predicted molar refractivity (Wildman–Crippen MR) is 85.8 cm³/mol. The first-order valence-corrected chi connectivity index (χ1v) is 8.58. The van der Waals surface area contributed by atoms with Gasteiger partial charge in [-0.05, 0) is 12.8 Å². The van der Waals surface area contributed by atoms with Crippen LogP contribution in [0.2, 0.25) is 0 Å². The molecule has 0 bridgehead atoms. The van der Waals surface area contributed by atoms with E-state index in [1.807, 2.05) is 0 Å². The van der Waals surface area contributed by atoms with Crippen molar-refractivity contribution in [3.8, 4) is 0 Å². The maximum atomic E-state index is 11.3.